The number of carboxylic acid groups (broad SMARTS) is 1. The predicted octanol–water partition coefficient (Wildman–Crippen LogP) is 2.06. The zero-order chi connectivity index (χ0) is 8.77. The maximum Gasteiger partial charge on any atom is 0.304 e. The van der Waals surface area contributed by atoms with Crippen molar-refractivity contribution in [2.45, 2.75) is 26.2 Å². The van der Waals surface area contributed by atoms with Gasteiger partial charge in [-0.15, -0.1) is 0 Å². The van der Waals surface area contributed by atoms with Gasteiger partial charge in [-0.1, -0.05) is 19.1 Å². The summed E-state index contributed by atoms with van der Waals surface area (Å²) in [6.45, 7) is 2.17. The standard InChI is InChI=1S/C10H14O2/c1-7-4-8-2-3-10(7,5-8)6-9(11)12/h2-3,7-8H,4-6H2,1H3,(H,11,12). The van der Waals surface area contributed by atoms with Crippen molar-refractivity contribution in [1.29, 1.82) is 0 Å². The van der Waals surface area contributed by atoms with Gasteiger partial charge >= 0.3 is 5.97 Å². The van der Waals surface area contributed by atoms with E-state index in [0.717, 1.165) is 6.42 Å². The van der Waals surface area contributed by atoms with Crippen LogP contribution in [-0.2, 0) is 4.79 Å². The average molecular weight is 166 g/mol. The Kier molecular flexibility index (Phi) is 1.53. The van der Waals surface area contributed by atoms with Crippen LogP contribution in [0.2, 0.25) is 0 Å². The van der Waals surface area contributed by atoms with Crippen LogP contribution in [-0.4, -0.2) is 11.1 Å². The predicted molar refractivity (Wildman–Crippen MR) is 45.7 cm³/mol. The van der Waals surface area contributed by atoms with Crippen molar-refractivity contribution in [2.75, 3.05) is 0 Å². The molecule has 2 bridgehead atoms. The molecule has 0 spiro atoms. The molecule has 2 rings (SSSR count). The second-order valence-corrected chi connectivity index (χ2v) is 4.26. The molecule has 2 aliphatic carbocycles. The van der Waals surface area contributed by atoms with Gasteiger partial charge in [0.2, 0.25) is 0 Å². The number of hydrogen-bond acceptors (Lipinski definition) is 1. The molecule has 0 aliphatic heterocycles. The summed E-state index contributed by atoms with van der Waals surface area (Å²) >= 11 is 0. The molecule has 2 nitrogen and oxygen atoms in total. The van der Waals surface area contributed by atoms with Crippen molar-refractivity contribution < 1.29 is 9.90 Å². The number of carbonyl (C=O) groups is 1. The van der Waals surface area contributed by atoms with Crippen molar-refractivity contribution >= 4 is 5.97 Å². The molecule has 3 atom stereocenters. The largest absolute Gasteiger partial charge is 0.481 e. The van der Waals surface area contributed by atoms with E-state index in [1.165, 1.54) is 6.42 Å². The monoisotopic (exact) mass is 166 g/mol. The number of carboxylic acids is 1. The fraction of sp³-hybridized carbons (Fsp3) is 0.700. The molecule has 2 heteroatoms. The number of allylic oxidation sites excluding steroid dienone is 2. The quantitative estimate of drug-likeness (QED) is 0.637. The molecule has 0 aromatic rings. The van der Waals surface area contributed by atoms with Crippen LogP contribution in [0, 0.1) is 17.3 Å². The lowest BCUT2D eigenvalue weighted by atomic mass is 9.76. The van der Waals surface area contributed by atoms with Crippen LogP contribution >= 0.6 is 0 Å². The fourth-order valence-electron chi connectivity index (χ4n) is 2.76. The molecule has 0 amide bonds. The van der Waals surface area contributed by atoms with E-state index in [9.17, 15) is 4.79 Å². The lowest BCUT2D eigenvalue weighted by molar-refractivity contribution is -0.139. The van der Waals surface area contributed by atoms with E-state index in [-0.39, 0.29) is 5.41 Å². The van der Waals surface area contributed by atoms with Crippen molar-refractivity contribution in [3.8, 4) is 0 Å². The normalized spacial score (nSPS) is 43.8. The van der Waals surface area contributed by atoms with E-state index in [1.807, 2.05) is 0 Å². The molecule has 1 N–H and O–H groups in total. The van der Waals surface area contributed by atoms with Crippen LogP contribution in [0.1, 0.15) is 26.2 Å². The second kappa shape index (κ2) is 2.35. The molecule has 0 saturated heterocycles. The molecule has 0 aromatic carbocycles. The van der Waals surface area contributed by atoms with Gasteiger partial charge in [0, 0.05) is 5.41 Å². The molecule has 2 aliphatic rings. The molecule has 1 fully saturated rings. The lowest BCUT2D eigenvalue weighted by Crippen LogP contribution is -2.24. The first-order chi connectivity index (χ1) is 5.62. The van der Waals surface area contributed by atoms with Crippen LogP contribution in [0.25, 0.3) is 0 Å². The van der Waals surface area contributed by atoms with Gasteiger partial charge in [0.15, 0.2) is 0 Å². The van der Waals surface area contributed by atoms with Crippen LogP contribution in [0.5, 0.6) is 0 Å². The van der Waals surface area contributed by atoms with Gasteiger partial charge in [-0.05, 0) is 24.7 Å². The molecule has 1 saturated carbocycles. The van der Waals surface area contributed by atoms with E-state index in [4.69, 9.17) is 5.11 Å². The van der Waals surface area contributed by atoms with Gasteiger partial charge in [0.05, 0.1) is 6.42 Å². The van der Waals surface area contributed by atoms with E-state index < -0.39 is 5.97 Å². The molecule has 3 unspecified atom stereocenters. The zero-order valence-corrected chi connectivity index (χ0v) is 7.29. The minimum absolute atomic E-state index is 0.0104. The molecule has 12 heavy (non-hydrogen) atoms. The molecule has 0 heterocycles. The van der Waals surface area contributed by atoms with Crippen molar-refractivity contribution in [3.63, 3.8) is 0 Å². The summed E-state index contributed by atoms with van der Waals surface area (Å²) in [5.41, 5.74) is 0.0104. The first-order valence-electron chi connectivity index (χ1n) is 4.53. The summed E-state index contributed by atoms with van der Waals surface area (Å²) in [5.74, 6) is 0.567. The maximum absolute atomic E-state index is 10.6. The zero-order valence-electron chi connectivity index (χ0n) is 7.29. The van der Waals surface area contributed by atoms with Gasteiger partial charge in [-0.25, -0.2) is 0 Å². The number of rotatable bonds is 2. The summed E-state index contributed by atoms with van der Waals surface area (Å²) in [4.78, 5) is 10.6. The van der Waals surface area contributed by atoms with E-state index in [1.54, 1.807) is 0 Å². The topological polar surface area (TPSA) is 37.3 Å². The summed E-state index contributed by atoms with van der Waals surface area (Å²) < 4.78 is 0. The Morgan fingerprint density at radius 3 is 2.92 bits per heavy atom. The smallest absolute Gasteiger partial charge is 0.304 e. The van der Waals surface area contributed by atoms with Gasteiger partial charge in [-0.2, -0.15) is 0 Å². The third-order valence-corrected chi connectivity index (χ3v) is 3.46. The highest BCUT2D eigenvalue weighted by Crippen LogP contribution is 2.54. The summed E-state index contributed by atoms with van der Waals surface area (Å²) in [5, 5.41) is 8.77. The second-order valence-electron chi connectivity index (χ2n) is 4.26. The number of hydrogen-bond donors (Lipinski definition) is 1. The van der Waals surface area contributed by atoms with E-state index in [0.29, 0.717) is 18.3 Å². The minimum atomic E-state index is -0.658. The highest BCUT2D eigenvalue weighted by molar-refractivity contribution is 5.68. The van der Waals surface area contributed by atoms with Crippen molar-refractivity contribution in [1.82, 2.24) is 0 Å². The van der Waals surface area contributed by atoms with Gasteiger partial charge in [0.1, 0.15) is 0 Å². The van der Waals surface area contributed by atoms with Gasteiger partial charge < -0.3 is 5.11 Å². The third kappa shape index (κ3) is 0.977. The Labute approximate surface area is 72.3 Å². The average Bonchev–Trinajstić information content (AvgIpc) is 2.42. The third-order valence-electron chi connectivity index (χ3n) is 3.46. The molecular weight excluding hydrogens is 152 g/mol. The Bertz CT molecular complexity index is 244. The summed E-state index contributed by atoms with van der Waals surface area (Å²) in [6, 6.07) is 0. The lowest BCUT2D eigenvalue weighted by Gasteiger charge is -2.27. The van der Waals surface area contributed by atoms with Crippen LogP contribution in [0.4, 0.5) is 0 Å². The first kappa shape index (κ1) is 7.84. The van der Waals surface area contributed by atoms with Crippen LogP contribution < -0.4 is 0 Å². The van der Waals surface area contributed by atoms with E-state index >= 15 is 0 Å². The molecule has 0 aromatic heterocycles. The van der Waals surface area contributed by atoms with Crippen molar-refractivity contribution in [3.05, 3.63) is 12.2 Å². The number of fused-ring (bicyclic) bond motifs is 2. The fourth-order valence-corrected chi connectivity index (χ4v) is 2.76. The Morgan fingerprint density at radius 1 is 1.75 bits per heavy atom. The SMILES string of the molecule is CC1CC2C=CC1(CC(=O)O)C2. The summed E-state index contributed by atoms with van der Waals surface area (Å²) in [7, 11) is 0. The highest BCUT2D eigenvalue weighted by atomic mass is 16.4. The molecule has 0 radical (unpaired) electrons. The minimum Gasteiger partial charge on any atom is -0.481 e. The number of aliphatic carboxylic acids is 1. The van der Waals surface area contributed by atoms with Crippen LogP contribution in [0.3, 0.4) is 0 Å². The Morgan fingerprint density at radius 2 is 2.50 bits per heavy atom. The van der Waals surface area contributed by atoms with Gasteiger partial charge in [0.25, 0.3) is 0 Å². The Hall–Kier alpha value is -0.790. The molecular formula is C10H14O2. The summed E-state index contributed by atoms with van der Waals surface area (Å²) in [6.07, 6.45) is 6.91. The van der Waals surface area contributed by atoms with E-state index in [2.05, 4.69) is 19.1 Å². The first-order valence-corrected chi connectivity index (χ1v) is 4.53. The maximum atomic E-state index is 10.6. The van der Waals surface area contributed by atoms with Crippen molar-refractivity contribution in [2.24, 2.45) is 17.3 Å². The van der Waals surface area contributed by atoms with Crippen LogP contribution in [0.15, 0.2) is 12.2 Å². The Balaban J connectivity index is 2.19. The molecule has 66 valence electrons. The van der Waals surface area contributed by atoms with Gasteiger partial charge in [-0.3, -0.25) is 4.79 Å². The highest BCUT2D eigenvalue weighted by Gasteiger charge is 2.47.